The maximum atomic E-state index is 12.0. The average Bonchev–Trinajstić information content (AvgIpc) is 2.78. The van der Waals surface area contributed by atoms with Gasteiger partial charge in [0.2, 0.25) is 0 Å². The van der Waals surface area contributed by atoms with Crippen molar-refractivity contribution in [1.82, 2.24) is 5.32 Å². The molecule has 0 saturated heterocycles. The molecule has 0 spiro atoms. The van der Waals surface area contributed by atoms with Gasteiger partial charge >= 0.3 is 0 Å². The van der Waals surface area contributed by atoms with Gasteiger partial charge in [0.1, 0.15) is 0 Å². The van der Waals surface area contributed by atoms with Crippen LogP contribution in [0.25, 0.3) is 0 Å². The van der Waals surface area contributed by atoms with Crippen LogP contribution in [0.5, 0.6) is 0 Å². The van der Waals surface area contributed by atoms with E-state index < -0.39 is 6.10 Å². The molecule has 1 aromatic carbocycles. The number of hydrogen-bond acceptors (Lipinski definition) is 4. The summed E-state index contributed by atoms with van der Waals surface area (Å²) in [5.41, 5.74) is 0.869. The maximum Gasteiger partial charge on any atom is 0.251 e. The Bertz CT molecular complexity index is 510. The summed E-state index contributed by atoms with van der Waals surface area (Å²) in [6.07, 6.45) is 0.455. The number of nitrogens with one attached hydrogen (secondary N) is 1. The Morgan fingerprint density at radius 1 is 1.47 bits per heavy atom. The van der Waals surface area contributed by atoms with Crippen LogP contribution in [0.1, 0.15) is 28.8 Å². The minimum atomic E-state index is -0.569. The third kappa shape index (κ3) is 3.11. The molecular formula is C14H16N2O3. The van der Waals surface area contributed by atoms with Gasteiger partial charge < -0.3 is 15.5 Å². The molecule has 0 radical (unpaired) electrons. The Kier molecular flexibility index (Phi) is 4.15. The fourth-order valence-corrected chi connectivity index (χ4v) is 2.42. The number of carbonyl (C=O) groups is 1. The van der Waals surface area contributed by atoms with Gasteiger partial charge in [0, 0.05) is 24.1 Å². The third-order valence-electron chi connectivity index (χ3n) is 3.48. The zero-order valence-electron chi connectivity index (χ0n) is 10.4. The average molecular weight is 260 g/mol. The number of amides is 1. The summed E-state index contributed by atoms with van der Waals surface area (Å²) in [6, 6.07) is 8.33. The molecule has 1 saturated carbocycles. The van der Waals surface area contributed by atoms with Crippen LogP contribution in [0.15, 0.2) is 24.3 Å². The lowest BCUT2D eigenvalue weighted by Gasteiger charge is -2.12. The van der Waals surface area contributed by atoms with E-state index in [1.165, 1.54) is 6.07 Å². The summed E-state index contributed by atoms with van der Waals surface area (Å²) in [6.45, 7) is -0.0720. The molecule has 5 heteroatoms. The highest BCUT2D eigenvalue weighted by molar-refractivity contribution is 5.94. The first kappa shape index (κ1) is 13.5. The fourth-order valence-electron chi connectivity index (χ4n) is 2.42. The predicted octanol–water partition coefficient (Wildman–Crippen LogP) is 0.420. The number of nitriles is 1. The van der Waals surface area contributed by atoms with E-state index in [0.29, 0.717) is 24.0 Å². The minimum Gasteiger partial charge on any atom is -0.396 e. The second-order valence-electron chi connectivity index (χ2n) is 4.84. The van der Waals surface area contributed by atoms with E-state index in [0.717, 1.165) is 0 Å². The van der Waals surface area contributed by atoms with Crippen molar-refractivity contribution in [2.45, 2.75) is 25.0 Å². The van der Waals surface area contributed by atoms with Crippen LogP contribution in [0, 0.1) is 17.2 Å². The first-order valence-corrected chi connectivity index (χ1v) is 6.24. The third-order valence-corrected chi connectivity index (χ3v) is 3.48. The van der Waals surface area contributed by atoms with E-state index in [9.17, 15) is 9.90 Å². The second kappa shape index (κ2) is 5.83. The van der Waals surface area contributed by atoms with Crippen LogP contribution in [0.4, 0.5) is 0 Å². The highest BCUT2D eigenvalue weighted by atomic mass is 16.3. The van der Waals surface area contributed by atoms with Gasteiger partial charge in [0.05, 0.1) is 17.7 Å². The first-order valence-electron chi connectivity index (χ1n) is 6.24. The summed E-state index contributed by atoms with van der Waals surface area (Å²) in [4.78, 5) is 12.0. The molecule has 0 aliphatic heterocycles. The zero-order chi connectivity index (χ0) is 13.8. The van der Waals surface area contributed by atoms with Crippen LogP contribution < -0.4 is 5.32 Å². The molecule has 2 rings (SSSR count). The Labute approximate surface area is 111 Å². The van der Waals surface area contributed by atoms with Crippen LogP contribution >= 0.6 is 0 Å². The van der Waals surface area contributed by atoms with E-state index in [2.05, 4.69) is 5.32 Å². The molecule has 1 amide bonds. The Morgan fingerprint density at radius 3 is 2.89 bits per heavy atom. The van der Waals surface area contributed by atoms with Gasteiger partial charge in [-0.1, -0.05) is 6.07 Å². The lowest BCUT2D eigenvalue weighted by Crippen LogP contribution is -2.33. The standard InChI is InChI=1S/C14H16N2O3/c15-7-9-2-1-3-10(4-9)14(19)16-12-5-11(8-17)13(18)6-12/h1-4,11-13,17-18H,5-6,8H2,(H,16,19)/t11-,12-,13+/m0/s1. The van der Waals surface area contributed by atoms with Gasteiger partial charge in [0.15, 0.2) is 0 Å². The number of benzene rings is 1. The molecule has 100 valence electrons. The van der Waals surface area contributed by atoms with Crippen molar-refractivity contribution in [3.8, 4) is 6.07 Å². The lowest BCUT2D eigenvalue weighted by atomic mass is 10.1. The molecule has 1 aromatic rings. The Balaban J connectivity index is 2.00. The molecule has 1 fully saturated rings. The van der Waals surface area contributed by atoms with Gasteiger partial charge in [0.25, 0.3) is 5.91 Å². The topological polar surface area (TPSA) is 93.4 Å². The summed E-state index contributed by atoms with van der Waals surface area (Å²) in [7, 11) is 0. The summed E-state index contributed by atoms with van der Waals surface area (Å²) in [5, 5.41) is 30.3. The molecule has 0 unspecified atom stereocenters. The smallest absolute Gasteiger partial charge is 0.251 e. The Hall–Kier alpha value is -1.90. The molecule has 19 heavy (non-hydrogen) atoms. The molecule has 5 nitrogen and oxygen atoms in total. The van der Waals surface area contributed by atoms with E-state index >= 15 is 0 Å². The van der Waals surface area contributed by atoms with Gasteiger partial charge in [-0.2, -0.15) is 5.26 Å². The van der Waals surface area contributed by atoms with Crippen molar-refractivity contribution in [3.05, 3.63) is 35.4 Å². The van der Waals surface area contributed by atoms with Crippen LogP contribution in [-0.2, 0) is 0 Å². The minimum absolute atomic E-state index is 0.0720. The van der Waals surface area contributed by atoms with E-state index in [1.807, 2.05) is 6.07 Å². The maximum absolute atomic E-state index is 12.0. The van der Waals surface area contributed by atoms with Gasteiger partial charge in [-0.25, -0.2) is 0 Å². The molecular weight excluding hydrogens is 244 g/mol. The zero-order valence-corrected chi connectivity index (χ0v) is 10.4. The van der Waals surface area contributed by atoms with Crippen LogP contribution in [0.3, 0.4) is 0 Å². The highest BCUT2D eigenvalue weighted by Gasteiger charge is 2.33. The molecule has 1 aliphatic carbocycles. The monoisotopic (exact) mass is 260 g/mol. The molecule has 3 atom stereocenters. The van der Waals surface area contributed by atoms with Crippen LogP contribution in [-0.4, -0.2) is 34.9 Å². The van der Waals surface area contributed by atoms with E-state index in [1.54, 1.807) is 18.2 Å². The molecule has 0 aromatic heterocycles. The number of aliphatic hydroxyl groups is 2. The van der Waals surface area contributed by atoms with Gasteiger partial charge in [-0.3, -0.25) is 4.79 Å². The quantitative estimate of drug-likeness (QED) is 0.734. The number of carbonyl (C=O) groups excluding carboxylic acids is 1. The Morgan fingerprint density at radius 2 is 2.26 bits per heavy atom. The molecule has 3 N–H and O–H groups in total. The molecule has 1 aliphatic rings. The highest BCUT2D eigenvalue weighted by Crippen LogP contribution is 2.25. The number of nitrogens with zero attached hydrogens (tertiary/aromatic N) is 1. The normalized spacial score (nSPS) is 25.8. The van der Waals surface area contributed by atoms with Gasteiger partial charge in [-0.05, 0) is 31.0 Å². The largest absolute Gasteiger partial charge is 0.396 e. The summed E-state index contributed by atoms with van der Waals surface area (Å²) < 4.78 is 0. The number of rotatable bonds is 3. The van der Waals surface area contributed by atoms with E-state index in [-0.39, 0.29) is 24.5 Å². The van der Waals surface area contributed by atoms with Crippen LogP contribution in [0.2, 0.25) is 0 Å². The SMILES string of the molecule is N#Cc1cccc(C(=O)N[C@H]2C[C@@H](CO)[C@H](O)C2)c1. The first-order chi connectivity index (χ1) is 9.13. The second-order valence-corrected chi connectivity index (χ2v) is 4.84. The van der Waals surface area contributed by atoms with Gasteiger partial charge in [-0.15, -0.1) is 0 Å². The summed E-state index contributed by atoms with van der Waals surface area (Å²) >= 11 is 0. The summed E-state index contributed by atoms with van der Waals surface area (Å²) in [5.74, 6) is -0.427. The van der Waals surface area contributed by atoms with Crippen molar-refractivity contribution in [2.75, 3.05) is 6.61 Å². The predicted molar refractivity (Wildman–Crippen MR) is 68.2 cm³/mol. The number of hydrogen-bond donors (Lipinski definition) is 3. The van der Waals surface area contributed by atoms with Crippen molar-refractivity contribution in [1.29, 1.82) is 5.26 Å². The lowest BCUT2D eigenvalue weighted by molar-refractivity contribution is 0.0903. The number of aliphatic hydroxyl groups excluding tert-OH is 2. The fraction of sp³-hybridized carbons (Fsp3) is 0.429. The van der Waals surface area contributed by atoms with Crippen molar-refractivity contribution < 1.29 is 15.0 Å². The van der Waals surface area contributed by atoms with Crippen molar-refractivity contribution in [2.24, 2.45) is 5.92 Å². The van der Waals surface area contributed by atoms with E-state index in [4.69, 9.17) is 10.4 Å². The molecule has 0 bridgehead atoms. The molecule has 0 heterocycles. The van der Waals surface area contributed by atoms with Crippen molar-refractivity contribution in [3.63, 3.8) is 0 Å². The van der Waals surface area contributed by atoms with Crippen molar-refractivity contribution >= 4 is 5.91 Å².